The highest BCUT2D eigenvalue weighted by Gasteiger charge is 2.31. The Balaban J connectivity index is 2.03. The maximum atomic E-state index is 12.1. The van der Waals surface area contributed by atoms with E-state index in [-0.39, 0.29) is 18.0 Å². The van der Waals surface area contributed by atoms with Crippen molar-refractivity contribution in [1.29, 1.82) is 0 Å². The molecule has 0 amide bonds. The van der Waals surface area contributed by atoms with Crippen molar-refractivity contribution in [2.24, 2.45) is 0 Å². The number of ether oxygens (including phenoxy) is 2. The number of methoxy groups -OCH3 is 1. The van der Waals surface area contributed by atoms with Crippen LogP contribution >= 0.6 is 0 Å². The van der Waals surface area contributed by atoms with Gasteiger partial charge in [0.1, 0.15) is 11.9 Å². The van der Waals surface area contributed by atoms with Gasteiger partial charge < -0.3 is 9.47 Å². The molecule has 0 spiro atoms. The van der Waals surface area contributed by atoms with Gasteiger partial charge in [-0.15, -0.1) is 0 Å². The van der Waals surface area contributed by atoms with Crippen LogP contribution in [0.25, 0.3) is 0 Å². The third kappa shape index (κ3) is 4.49. The fourth-order valence-corrected chi connectivity index (χ4v) is 3.31. The molecule has 0 aliphatic heterocycles. The molecular formula is C19H28O3. The van der Waals surface area contributed by atoms with E-state index in [2.05, 4.69) is 13.0 Å². The lowest BCUT2D eigenvalue weighted by Gasteiger charge is -2.32. The fourth-order valence-electron chi connectivity index (χ4n) is 3.31. The number of carbonyl (C=O) groups excluding carboxylic acids is 1. The van der Waals surface area contributed by atoms with Crippen LogP contribution in [0.3, 0.4) is 0 Å². The molecule has 2 rings (SSSR count). The summed E-state index contributed by atoms with van der Waals surface area (Å²) < 4.78 is 11.3. The molecule has 0 radical (unpaired) electrons. The van der Waals surface area contributed by atoms with Crippen LogP contribution in [0, 0.1) is 0 Å². The third-order valence-corrected chi connectivity index (χ3v) is 4.51. The second-order valence-electron chi connectivity index (χ2n) is 6.12. The molecular weight excluding hydrogens is 276 g/mol. The van der Waals surface area contributed by atoms with E-state index >= 15 is 0 Å². The number of rotatable bonds is 7. The molecule has 1 saturated carbocycles. The summed E-state index contributed by atoms with van der Waals surface area (Å²) in [6, 6.07) is 8.11. The van der Waals surface area contributed by atoms with Crippen molar-refractivity contribution >= 4 is 5.97 Å². The van der Waals surface area contributed by atoms with Gasteiger partial charge in [0.15, 0.2) is 0 Å². The largest absolute Gasteiger partial charge is 0.496 e. The summed E-state index contributed by atoms with van der Waals surface area (Å²) >= 11 is 0. The average molecular weight is 304 g/mol. The van der Waals surface area contributed by atoms with Crippen molar-refractivity contribution in [3.63, 3.8) is 0 Å². The van der Waals surface area contributed by atoms with Crippen molar-refractivity contribution in [3.8, 4) is 5.75 Å². The van der Waals surface area contributed by atoms with Crippen molar-refractivity contribution in [3.05, 3.63) is 29.8 Å². The van der Waals surface area contributed by atoms with Gasteiger partial charge in [-0.3, -0.25) is 4.79 Å². The minimum Gasteiger partial charge on any atom is -0.496 e. The maximum Gasteiger partial charge on any atom is 0.306 e. The SMILES string of the molecule is CCCCCC(=O)O[C@@H]1CCCC[C@H]1c1ccccc1OC. The lowest BCUT2D eigenvalue weighted by molar-refractivity contribution is -0.151. The minimum absolute atomic E-state index is 0.000762. The predicted octanol–water partition coefficient (Wildman–Crippen LogP) is 4.84. The van der Waals surface area contributed by atoms with Crippen molar-refractivity contribution < 1.29 is 14.3 Å². The Labute approximate surface area is 134 Å². The number of hydrogen-bond donors (Lipinski definition) is 0. The fraction of sp³-hybridized carbons (Fsp3) is 0.632. The Bertz CT molecular complexity index is 470. The van der Waals surface area contributed by atoms with E-state index in [1.165, 1.54) is 12.0 Å². The Hall–Kier alpha value is -1.51. The van der Waals surface area contributed by atoms with Gasteiger partial charge in [-0.05, 0) is 31.7 Å². The zero-order valence-corrected chi connectivity index (χ0v) is 13.8. The summed E-state index contributed by atoms with van der Waals surface area (Å²) in [6.45, 7) is 2.14. The van der Waals surface area contributed by atoms with E-state index in [4.69, 9.17) is 9.47 Å². The van der Waals surface area contributed by atoms with Gasteiger partial charge in [-0.2, -0.15) is 0 Å². The number of hydrogen-bond acceptors (Lipinski definition) is 3. The van der Waals surface area contributed by atoms with Crippen molar-refractivity contribution in [2.75, 3.05) is 7.11 Å². The van der Waals surface area contributed by atoms with Gasteiger partial charge in [0, 0.05) is 17.9 Å². The molecule has 122 valence electrons. The van der Waals surface area contributed by atoms with E-state index in [1.54, 1.807) is 7.11 Å². The van der Waals surface area contributed by atoms with Crippen LogP contribution in [0.4, 0.5) is 0 Å². The number of unbranched alkanes of at least 4 members (excludes halogenated alkanes) is 2. The molecule has 0 saturated heterocycles. The Morgan fingerprint density at radius 3 is 2.73 bits per heavy atom. The molecule has 2 atom stereocenters. The van der Waals surface area contributed by atoms with E-state index in [0.717, 1.165) is 44.3 Å². The number of para-hydroxylation sites is 1. The lowest BCUT2D eigenvalue weighted by Crippen LogP contribution is -2.29. The predicted molar refractivity (Wildman–Crippen MR) is 88.2 cm³/mol. The monoisotopic (exact) mass is 304 g/mol. The van der Waals surface area contributed by atoms with Gasteiger partial charge in [-0.1, -0.05) is 44.4 Å². The molecule has 22 heavy (non-hydrogen) atoms. The zero-order valence-electron chi connectivity index (χ0n) is 13.8. The summed E-state index contributed by atoms with van der Waals surface area (Å²) in [5.74, 6) is 1.13. The number of carbonyl (C=O) groups is 1. The Morgan fingerprint density at radius 1 is 1.18 bits per heavy atom. The topological polar surface area (TPSA) is 35.5 Å². The van der Waals surface area contributed by atoms with Crippen LogP contribution in [0.5, 0.6) is 5.75 Å². The molecule has 1 aliphatic rings. The van der Waals surface area contributed by atoms with Gasteiger partial charge in [0.2, 0.25) is 0 Å². The summed E-state index contributed by atoms with van der Waals surface area (Å²) in [5, 5.41) is 0. The highest BCUT2D eigenvalue weighted by Crippen LogP contribution is 2.39. The van der Waals surface area contributed by atoms with Gasteiger partial charge in [-0.25, -0.2) is 0 Å². The molecule has 1 aliphatic carbocycles. The van der Waals surface area contributed by atoms with Crippen molar-refractivity contribution in [2.45, 2.75) is 70.3 Å². The molecule has 0 bridgehead atoms. The van der Waals surface area contributed by atoms with E-state index in [0.29, 0.717) is 6.42 Å². The molecule has 3 nitrogen and oxygen atoms in total. The summed E-state index contributed by atoms with van der Waals surface area (Å²) in [5.41, 5.74) is 1.18. The van der Waals surface area contributed by atoms with Crippen LogP contribution in [-0.2, 0) is 9.53 Å². The van der Waals surface area contributed by atoms with Crippen LogP contribution < -0.4 is 4.74 Å². The van der Waals surface area contributed by atoms with Crippen LogP contribution in [0.2, 0.25) is 0 Å². The van der Waals surface area contributed by atoms with Gasteiger partial charge in [0.25, 0.3) is 0 Å². The maximum absolute atomic E-state index is 12.1. The van der Waals surface area contributed by atoms with Gasteiger partial charge >= 0.3 is 5.97 Å². The molecule has 0 N–H and O–H groups in total. The third-order valence-electron chi connectivity index (χ3n) is 4.51. The van der Waals surface area contributed by atoms with Crippen molar-refractivity contribution in [1.82, 2.24) is 0 Å². The van der Waals surface area contributed by atoms with Crippen LogP contribution in [-0.4, -0.2) is 19.2 Å². The van der Waals surface area contributed by atoms with Gasteiger partial charge in [0.05, 0.1) is 7.11 Å². The molecule has 0 unspecified atom stereocenters. The summed E-state index contributed by atoms with van der Waals surface area (Å²) in [7, 11) is 1.70. The molecule has 1 fully saturated rings. The number of esters is 1. The Kier molecular flexibility index (Phi) is 6.75. The highest BCUT2D eigenvalue weighted by atomic mass is 16.5. The molecule has 0 heterocycles. The van der Waals surface area contributed by atoms with E-state index in [9.17, 15) is 4.79 Å². The first-order valence-electron chi connectivity index (χ1n) is 8.58. The second-order valence-corrected chi connectivity index (χ2v) is 6.12. The minimum atomic E-state index is -0.0414. The zero-order chi connectivity index (χ0) is 15.8. The quantitative estimate of drug-likeness (QED) is 0.534. The summed E-state index contributed by atoms with van der Waals surface area (Å²) in [4.78, 5) is 12.1. The lowest BCUT2D eigenvalue weighted by atomic mass is 9.81. The standard InChI is InChI=1S/C19H28O3/c1-3-4-5-14-19(20)22-18-13-9-7-11-16(18)15-10-6-8-12-17(15)21-2/h6,8,10,12,16,18H,3-5,7,9,11,13-14H2,1-2H3/t16-,18+/m0/s1. The normalized spacial score (nSPS) is 21.4. The van der Waals surface area contributed by atoms with Crippen LogP contribution in [0.15, 0.2) is 24.3 Å². The average Bonchev–Trinajstić information content (AvgIpc) is 2.55. The first kappa shape index (κ1) is 16.9. The second kappa shape index (κ2) is 8.82. The molecule has 1 aromatic carbocycles. The molecule has 3 heteroatoms. The Morgan fingerprint density at radius 2 is 1.95 bits per heavy atom. The molecule has 1 aromatic rings. The summed E-state index contributed by atoms with van der Waals surface area (Å²) in [6.07, 6.45) is 8.04. The molecule has 0 aromatic heterocycles. The van der Waals surface area contributed by atoms with E-state index < -0.39 is 0 Å². The first-order valence-corrected chi connectivity index (χ1v) is 8.58. The smallest absolute Gasteiger partial charge is 0.306 e. The number of benzene rings is 1. The first-order chi connectivity index (χ1) is 10.8. The van der Waals surface area contributed by atoms with Crippen LogP contribution in [0.1, 0.15) is 69.8 Å². The van der Waals surface area contributed by atoms with E-state index in [1.807, 2.05) is 18.2 Å². The highest BCUT2D eigenvalue weighted by molar-refractivity contribution is 5.69.